The largest absolute Gasteiger partial charge is 0.488 e. The molecule has 0 bridgehead atoms. The zero-order valence-corrected chi connectivity index (χ0v) is 23.7. The van der Waals surface area contributed by atoms with Gasteiger partial charge >= 0.3 is 0 Å². The number of fused-ring (bicyclic) bond motifs is 2. The van der Waals surface area contributed by atoms with Crippen molar-refractivity contribution in [3.8, 4) is 5.75 Å². The van der Waals surface area contributed by atoms with Gasteiger partial charge in [0, 0.05) is 49.3 Å². The molecule has 0 unspecified atom stereocenters. The van der Waals surface area contributed by atoms with E-state index in [1.165, 1.54) is 11.4 Å². The minimum atomic E-state index is -3.44. The number of likely N-dealkylation sites (N-methyl/N-ethyl adjacent to an activating group) is 1. The Morgan fingerprint density at radius 2 is 1.97 bits per heavy atom. The third-order valence-electron chi connectivity index (χ3n) is 7.28. The highest BCUT2D eigenvalue weighted by Gasteiger charge is 2.34. The Bertz CT molecular complexity index is 1480. The number of benzene rings is 2. The second-order valence-corrected chi connectivity index (χ2v) is 12.5. The number of para-hydroxylation sites is 1. The first-order valence-electron chi connectivity index (χ1n) is 12.9. The molecule has 2 amide bonds. The maximum absolute atomic E-state index is 13.6. The fraction of sp³-hybridized carbons (Fsp3) is 0.429. The predicted molar refractivity (Wildman–Crippen MR) is 150 cm³/mol. The number of nitrogens with zero attached hydrogens (tertiary/aromatic N) is 3. The molecule has 2 heterocycles. The number of carbonyl (C=O) groups is 2. The van der Waals surface area contributed by atoms with Crippen LogP contribution in [0.3, 0.4) is 0 Å². The molecule has 10 nitrogen and oxygen atoms in total. The molecule has 2 N–H and O–H groups in total. The van der Waals surface area contributed by atoms with Crippen molar-refractivity contribution in [2.75, 3.05) is 38.3 Å². The predicted octanol–water partition coefficient (Wildman–Crippen LogP) is 2.47. The third-order valence-corrected chi connectivity index (χ3v) is 8.56. The Balaban J connectivity index is 1.62. The van der Waals surface area contributed by atoms with Gasteiger partial charge in [-0.15, -0.1) is 0 Å². The van der Waals surface area contributed by atoms with Crippen molar-refractivity contribution in [1.82, 2.24) is 13.8 Å². The fourth-order valence-electron chi connectivity index (χ4n) is 4.85. The lowest BCUT2D eigenvalue weighted by Gasteiger charge is -2.38. The van der Waals surface area contributed by atoms with Crippen molar-refractivity contribution < 1.29 is 27.9 Å². The zero-order chi connectivity index (χ0) is 28.5. The first kappa shape index (κ1) is 28.6. The Labute approximate surface area is 229 Å². The maximum atomic E-state index is 13.6. The molecule has 1 aliphatic heterocycles. The van der Waals surface area contributed by atoms with Gasteiger partial charge in [-0.1, -0.05) is 25.1 Å². The number of aryl methyl sites for hydroxylation is 1. The molecule has 0 saturated heterocycles. The Morgan fingerprint density at radius 3 is 2.67 bits per heavy atom. The molecule has 2 aromatic carbocycles. The molecular formula is C28H36N4O6S. The lowest BCUT2D eigenvalue weighted by Crippen LogP contribution is -2.50. The fourth-order valence-corrected chi connectivity index (χ4v) is 5.27. The van der Waals surface area contributed by atoms with Crippen LogP contribution >= 0.6 is 0 Å². The number of aliphatic hydroxyl groups is 1. The van der Waals surface area contributed by atoms with Crippen molar-refractivity contribution in [3.63, 3.8) is 0 Å². The topological polar surface area (TPSA) is 121 Å². The second-order valence-electron chi connectivity index (χ2n) is 10.4. The standard InChI is InChI=1S/C28H36N4O6S/c1-18-14-32(19(2)17-33)28(35)23-13-21(10-11-25(23)38-26(18)16-31(4)39(5,36)37)29-27(34)12-20-15-30(3)24-9-7-6-8-22(20)24/h6-11,13,15,18-19,26,33H,12,14,16-17H2,1-5H3,(H,29,34)/t18-,19-,26-/m0/s1. The molecule has 0 radical (unpaired) electrons. The number of sulfonamides is 1. The van der Waals surface area contributed by atoms with E-state index in [9.17, 15) is 23.1 Å². The molecular weight excluding hydrogens is 520 g/mol. The van der Waals surface area contributed by atoms with Gasteiger partial charge in [-0.25, -0.2) is 12.7 Å². The Morgan fingerprint density at radius 1 is 1.26 bits per heavy atom. The molecule has 39 heavy (non-hydrogen) atoms. The molecule has 3 atom stereocenters. The molecule has 210 valence electrons. The van der Waals surface area contributed by atoms with Crippen molar-refractivity contribution in [2.45, 2.75) is 32.4 Å². The van der Waals surface area contributed by atoms with Gasteiger partial charge in [-0.05, 0) is 36.8 Å². The summed E-state index contributed by atoms with van der Waals surface area (Å²) in [5.74, 6) is -0.494. The van der Waals surface area contributed by atoms with Gasteiger partial charge in [0.05, 0.1) is 37.4 Å². The van der Waals surface area contributed by atoms with E-state index in [0.717, 1.165) is 22.7 Å². The Hall–Kier alpha value is -3.41. The van der Waals surface area contributed by atoms with E-state index in [-0.39, 0.29) is 49.4 Å². The molecule has 0 fully saturated rings. The number of hydrogen-bond donors (Lipinski definition) is 2. The van der Waals surface area contributed by atoms with E-state index in [2.05, 4.69) is 5.32 Å². The van der Waals surface area contributed by atoms with Gasteiger partial charge in [0.1, 0.15) is 11.9 Å². The number of nitrogens with one attached hydrogen (secondary N) is 1. The van der Waals surface area contributed by atoms with Crippen molar-refractivity contribution in [2.24, 2.45) is 13.0 Å². The van der Waals surface area contributed by atoms with Crippen LogP contribution in [0.2, 0.25) is 0 Å². The second kappa shape index (κ2) is 11.4. The number of ether oxygens (including phenoxy) is 1. The lowest BCUT2D eigenvalue weighted by atomic mass is 9.99. The van der Waals surface area contributed by atoms with Crippen LogP contribution < -0.4 is 10.1 Å². The summed E-state index contributed by atoms with van der Waals surface area (Å²) in [6.07, 6.45) is 2.68. The van der Waals surface area contributed by atoms with Gasteiger partial charge in [0.15, 0.2) is 0 Å². The van der Waals surface area contributed by atoms with Crippen molar-refractivity contribution in [3.05, 3.63) is 59.8 Å². The molecule has 4 rings (SSSR count). The van der Waals surface area contributed by atoms with E-state index >= 15 is 0 Å². The highest BCUT2D eigenvalue weighted by Crippen LogP contribution is 2.31. The Kier molecular flexibility index (Phi) is 8.34. The van der Waals surface area contributed by atoms with Gasteiger partial charge < -0.3 is 24.6 Å². The molecule has 1 aromatic heterocycles. The number of amides is 2. The number of carbonyl (C=O) groups excluding carboxylic acids is 2. The molecule has 0 aliphatic carbocycles. The SMILES string of the molecule is C[C@H]1CN([C@@H](C)CO)C(=O)c2cc(NC(=O)Cc3cn(C)c4ccccc34)ccc2O[C@H]1CN(C)S(C)(=O)=O. The van der Waals surface area contributed by atoms with Crippen LogP contribution in [0, 0.1) is 5.92 Å². The summed E-state index contributed by atoms with van der Waals surface area (Å²) in [6, 6.07) is 12.3. The first-order valence-corrected chi connectivity index (χ1v) is 14.7. The molecule has 3 aromatic rings. The van der Waals surface area contributed by atoms with Crippen molar-refractivity contribution >= 4 is 38.4 Å². The molecule has 1 aliphatic rings. The molecule has 11 heteroatoms. The minimum absolute atomic E-state index is 0.0957. The summed E-state index contributed by atoms with van der Waals surface area (Å²) in [5, 5.41) is 13.7. The van der Waals surface area contributed by atoms with Gasteiger partial charge in [0.25, 0.3) is 5.91 Å². The molecule has 0 saturated carbocycles. The van der Waals surface area contributed by atoms with Crippen LogP contribution in [0.5, 0.6) is 5.75 Å². The smallest absolute Gasteiger partial charge is 0.258 e. The number of anilines is 1. The van der Waals surface area contributed by atoms with E-state index in [1.54, 1.807) is 30.0 Å². The number of rotatable bonds is 8. The molecule has 0 spiro atoms. The normalized spacial score (nSPS) is 18.8. The number of aromatic nitrogens is 1. The van der Waals surface area contributed by atoms with Gasteiger partial charge in [-0.3, -0.25) is 9.59 Å². The number of aliphatic hydroxyl groups excluding tert-OH is 1. The van der Waals surface area contributed by atoms with Gasteiger partial charge in [0.2, 0.25) is 15.9 Å². The van der Waals surface area contributed by atoms with Crippen LogP contribution in [-0.2, 0) is 28.3 Å². The van der Waals surface area contributed by atoms with E-state index in [0.29, 0.717) is 11.4 Å². The third kappa shape index (κ3) is 6.26. The zero-order valence-electron chi connectivity index (χ0n) is 22.9. The average molecular weight is 557 g/mol. The van der Waals surface area contributed by atoms with Gasteiger partial charge in [-0.2, -0.15) is 0 Å². The summed E-state index contributed by atoms with van der Waals surface area (Å²) in [5.41, 5.74) is 2.60. The summed E-state index contributed by atoms with van der Waals surface area (Å²) in [6.45, 7) is 3.76. The van der Waals surface area contributed by atoms with E-state index in [4.69, 9.17) is 4.74 Å². The summed E-state index contributed by atoms with van der Waals surface area (Å²) < 4.78 is 33.6. The summed E-state index contributed by atoms with van der Waals surface area (Å²) >= 11 is 0. The first-order chi connectivity index (χ1) is 18.4. The van der Waals surface area contributed by atoms with Crippen LogP contribution in [-0.4, -0.2) is 84.3 Å². The van der Waals surface area contributed by atoms with Crippen LogP contribution in [0.15, 0.2) is 48.7 Å². The van der Waals surface area contributed by atoms with Crippen LogP contribution in [0.4, 0.5) is 5.69 Å². The quantitative estimate of drug-likeness (QED) is 0.440. The van der Waals surface area contributed by atoms with Crippen LogP contribution in [0.25, 0.3) is 10.9 Å². The lowest BCUT2D eigenvalue weighted by molar-refractivity contribution is -0.115. The summed E-state index contributed by atoms with van der Waals surface area (Å²) in [4.78, 5) is 28.2. The van der Waals surface area contributed by atoms with Crippen molar-refractivity contribution in [1.29, 1.82) is 0 Å². The highest BCUT2D eigenvalue weighted by molar-refractivity contribution is 7.88. The maximum Gasteiger partial charge on any atom is 0.258 e. The number of hydrogen-bond acceptors (Lipinski definition) is 6. The average Bonchev–Trinajstić information content (AvgIpc) is 3.20. The highest BCUT2D eigenvalue weighted by atomic mass is 32.2. The monoisotopic (exact) mass is 556 g/mol. The summed E-state index contributed by atoms with van der Waals surface area (Å²) in [7, 11) is -0.0230. The minimum Gasteiger partial charge on any atom is -0.488 e. The van der Waals surface area contributed by atoms with Crippen LogP contribution in [0.1, 0.15) is 29.8 Å². The van der Waals surface area contributed by atoms with E-state index < -0.39 is 22.2 Å². The van der Waals surface area contributed by atoms with E-state index in [1.807, 2.05) is 49.0 Å².